The fraction of sp³-hybridized carbons (Fsp3) is 0.333. The highest BCUT2D eigenvalue weighted by atomic mass is 32.2. The Morgan fingerprint density at radius 3 is 2.18 bits per heavy atom. The summed E-state index contributed by atoms with van der Waals surface area (Å²) in [6.45, 7) is 1.39. The average molecular weight is 270 g/mol. The van der Waals surface area contributed by atoms with Crippen LogP contribution in [-0.4, -0.2) is 21.0 Å². The van der Waals surface area contributed by atoms with Gasteiger partial charge in [0.05, 0.1) is 7.11 Å². The fourth-order valence-corrected chi connectivity index (χ4v) is 1.58. The summed E-state index contributed by atoms with van der Waals surface area (Å²) in [6.07, 6.45) is 0. The Morgan fingerprint density at radius 2 is 1.71 bits per heavy atom. The molecule has 0 amide bonds. The van der Waals surface area contributed by atoms with Crippen molar-refractivity contribution in [3.05, 3.63) is 23.8 Å². The third-order valence-electron chi connectivity index (χ3n) is 1.94. The van der Waals surface area contributed by atoms with Crippen LogP contribution in [0.5, 0.6) is 11.5 Å². The first-order valence-electron chi connectivity index (χ1n) is 4.33. The van der Waals surface area contributed by atoms with Crippen molar-refractivity contribution in [1.29, 1.82) is 0 Å². The molecule has 17 heavy (non-hydrogen) atoms. The van der Waals surface area contributed by atoms with E-state index in [0.717, 1.165) is 6.07 Å². The van der Waals surface area contributed by atoms with E-state index >= 15 is 0 Å². The lowest BCUT2D eigenvalue weighted by Crippen LogP contribution is -2.28. The maximum Gasteiger partial charge on any atom is 0.534 e. The van der Waals surface area contributed by atoms with Gasteiger partial charge in [-0.2, -0.15) is 21.6 Å². The molecule has 0 atom stereocenters. The minimum Gasteiger partial charge on any atom is -0.496 e. The number of alkyl halides is 3. The Labute approximate surface area is 96.1 Å². The summed E-state index contributed by atoms with van der Waals surface area (Å²) in [5, 5.41) is 0. The van der Waals surface area contributed by atoms with E-state index in [9.17, 15) is 21.6 Å². The first-order chi connectivity index (χ1) is 7.69. The monoisotopic (exact) mass is 270 g/mol. The highest BCUT2D eigenvalue weighted by Crippen LogP contribution is 2.32. The van der Waals surface area contributed by atoms with E-state index in [1.165, 1.54) is 26.2 Å². The van der Waals surface area contributed by atoms with Gasteiger partial charge in [0, 0.05) is 5.56 Å². The highest BCUT2D eigenvalue weighted by Gasteiger charge is 2.48. The lowest BCUT2D eigenvalue weighted by atomic mass is 10.2. The molecule has 0 radical (unpaired) electrons. The average Bonchev–Trinajstić information content (AvgIpc) is 2.19. The zero-order valence-electron chi connectivity index (χ0n) is 8.91. The van der Waals surface area contributed by atoms with Gasteiger partial charge in [-0.15, -0.1) is 0 Å². The molecule has 0 saturated carbocycles. The maximum absolute atomic E-state index is 12.1. The Bertz CT molecular complexity index is 507. The van der Waals surface area contributed by atoms with E-state index in [2.05, 4.69) is 4.18 Å². The summed E-state index contributed by atoms with van der Waals surface area (Å²) in [6, 6.07) is 3.91. The minimum atomic E-state index is -5.65. The number of halogens is 3. The Morgan fingerprint density at radius 1 is 1.18 bits per heavy atom. The SMILES string of the molecule is COc1cccc(OS(=O)(=O)C(F)(F)F)c1C. The molecule has 0 aliphatic heterocycles. The van der Waals surface area contributed by atoms with E-state index in [1.807, 2.05) is 0 Å². The molecule has 4 nitrogen and oxygen atoms in total. The van der Waals surface area contributed by atoms with Crippen LogP contribution in [0.1, 0.15) is 5.56 Å². The molecule has 1 rings (SSSR count). The third-order valence-corrected chi connectivity index (χ3v) is 2.90. The lowest BCUT2D eigenvalue weighted by Gasteiger charge is -2.12. The molecule has 0 spiro atoms. The number of rotatable bonds is 3. The van der Waals surface area contributed by atoms with Gasteiger partial charge >= 0.3 is 15.6 Å². The highest BCUT2D eigenvalue weighted by molar-refractivity contribution is 7.88. The van der Waals surface area contributed by atoms with E-state index < -0.39 is 21.4 Å². The van der Waals surface area contributed by atoms with Crippen molar-refractivity contribution in [2.75, 3.05) is 7.11 Å². The first-order valence-corrected chi connectivity index (χ1v) is 5.74. The second-order valence-electron chi connectivity index (χ2n) is 3.07. The molecule has 0 aromatic heterocycles. The number of benzene rings is 1. The molecule has 0 N–H and O–H groups in total. The molecular formula is C9H9F3O4S. The number of hydrogen-bond donors (Lipinski definition) is 0. The van der Waals surface area contributed by atoms with E-state index in [4.69, 9.17) is 4.74 Å². The predicted octanol–water partition coefficient (Wildman–Crippen LogP) is 2.23. The summed E-state index contributed by atoms with van der Waals surface area (Å²) >= 11 is 0. The fourth-order valence-electron chi connectivity index (χ4n) is 1.07. The van der Waals surface area contributed by atoms with Crippen LogP contribution in [0.4, 0.5) is 13.2 Å². The maximum atomic E-state index is 12.1. The van der Waals surface area contributed by atoms with Crippen molar-refractivity contribution < 1.29 is 30.5 Å². The molecule has 0 aliphatic rings. The summed E-state index contributed by atoms with van der Waals surface area (Å²) in [5.74, 6) is -0.179. The second kappa shape index (κ2) is 4.44. The number of ether oxygens (including phenoxy) is 1. The van der Waals surface area contributed by atoms with E-state index in [0.29, 0.717) is 0 Å². The summed E-state index contributed by atoms with van der Waals surface area (Å²) in [4.78, 5) is 0. The minimum absolute atomic E-state index is 0.169. The van der Waals surface area contributed by atoms with Crippen molar-refractivity contribution in [3.8, 4) is 11.5 Å². The van der Waals surface area contributed by atoms with Crippen LogP contribution < -0.4 is 8.92 Å². The smallest absolute Gasteiger partial charge is 0.496 e. The molecule has 0 heterocycles. The molecule has 0 saturated heterocycles. The zero-order chi connectivity index (χ0) is 13.3. The van der Waals surface area contributed by atoms with Gasteiger partial charge in [-0.1, -0.05) is 6.07 Å². The van der Waals surface area contributed by atoms with E-state index in [-0.39, 0.29) is 11.3 Å². The van der Waals surface area contributed by atoms with Crippen molar-refractivity contribution in [1.82, 2.24) is 0 Å². The quantitative estimate of drug-likeness (QED) is 0.624. The van der Waals surface area contributed by atoms with Crippen LogP contribution >= 0.6 is 0 Å². The second-order valence-corrected chi connectivity index (χ2v) is 4.60. The molecule has 1 aromatic rings. The molecular weight excluding hydrogens is 261 g/mol. The van der Waals surface area contributed by atoms with Gasteiger partial charge in [-0.3, -0.25) is 0 Å². The van der Waals surface area contributed by atoms with Gasteiger partial charge < -0.3 is 8.92 Å². The Kier molecular flexibility index (Phi) is 3.56. The van der Waals surface area contributed by atoms with Crippen LogP contribution in [0.3, 0.4) is 0 Å². The molecule has 0 aliphatic carbocycles. The van der Waals surface area contributed by atoms with E-state index in [1.54, 1.807) is 0 Å². The Hall–Kier alpha value is -1.44. The standard InChI is InChI=1S/C9H9F3O4S/c1-6-7(15-2)4-3-5-8(6)16-17(13,14)9(10,11)12/h3-5H,1-2H3. The van der Waals surface area contributed by atoms with Crippen molar-refractivity contribution in [2.45, 2.75) is 12.4 Å². The van der Waals surface area contributed by atoms with Gasteiger partial charge in [-0.25, -0.2) is 0 Å². The zero-order valence-corrected chi connectivity index (χ0v) is 9.72. The first kappa shape index (κ1) is 13.6. The van der Waals surface area contributed by atoms with Gasteiger partial charge in [0.15, 0.2) is 0 Å². The summed E-state index contributed by atoms with van der Waals surface area (Å²) in [7, 11) is -4.34. The largest absolute Gasteiger partial charge is 0.534 e. The van der Waals surface area contributed by atoms with Gasteiger partial charge in [0.1, 0.15) is 11.5 Å². The topological polar surface area (TPSA) is 52.6 Å². The number of methoxy groups -OCH3 is 1. The normalized spacial score (nSPS) is 12.3. The summed E-state index contributed by atoms with van der Waals surface area (Å²) in [5.41, 5.74) is -5.29. The molecule has 0 unspecified atom stereocenters. The van der Waals surface area contributed by atoms with Gasteiger partial charge in [0.2, 0.25) is 0 Å². The predicted molar refractivity (Wildman–Crippen MR) is 53.3 cm³/mol. The molecule has 0 bridgehead atoms. The molecule has 96 valence electrons. The van der Waals surface area contributed by atoms with Crippen molar-refractivity contribution in [3.63, 3.8) is 0 Å². The van der Waals surface area contributed by atoms with Gasteiger partial charge in [-0.05, 0) is 19.1 Å². The lowest BCUT2D eigenvalue weighted by molar-refractivity contribution is -0.0500. The summed E-state index contributed by atoms with van der Waals surface area (Å²) < 4.78 is 66.7. The molecule has 0 fully saturated rings. The van der Waals surface area contributed by atoms with Crippen LogP contribution in [0, 0.1) is 6.92 Å². The number of hydrogen-bond acceptors (Lipinski definition) is 4. The molecule has 8 heteroatoms. The third kappa shape index (κ3) is 2.82. The van der Waals surface area contributed by atoms with Crippen LogP contribution in [0.2, 0.25) is 0 Å². The molecule has 1 aromatic carbocycles. The van der Waals surface area contributed by atoms with Gasteiger partial charge in [0.25, 0.3) is 0 Å². The van der Waals surface area contributed by atoms with Crippen molar-refractivity contribution in [2.24, 2.45) is 0 Å². The van der Waals surface area contributed by atoms with Crippen LogP contribution in [-0.2, 0) is 10.1 Å². The van der Waals surface area contributed by atoms with Crippen LogP contribution in [0.25, 0.3) is 0 Å². The van der Waals surface area contributed by atoms with Crippen molar-refractivity contribution >= 4 is 10.1 Å². The Balaban J connectivity index is 3.14. The van der Waals surface area contributed by atoms with Crippen LogP contribution in [0.15, 0.2) is 18.2 Å².